The van der Waals surface area contributed by atoms with Crippen LogP contribution < -0.4 is 14.9 Å². The van der Waals surface area contributed by atoms with Gasteiger partial charge < -0.3 is 9.47 Å². The van der Waals surface area contributed by atoms with E-state index in [9.17, 15) is 18.0 Å². The molecule has 5 nitrogen and oxygen atoms in total. The van der Waals surface area contributed by atoms with Gasteiger partial charge in [0, 0.05) is 0 Å². The summed E-state index contributed by atoms with van der Waals surface area (Å²) < 4.78 is 51.2. The number of halogens is 4. The summed E-state index contributed by atoms with van der Waals surface area (Å²) in [6.07, 6.45) is -3.35. The summed E-state index contributed by atoms with van der Waals surface area (Å²) >= 11 is 3.43. The lowest BCUT2D eigenvalue weighted by atomic mass is 10.1. The maximum absolute atomic E-state index is 13.1. The molecule has 0 aliphatic heterocycles. The number of hydrogen-bond donors (Lipinski definition) is 1. The first-order chi connectivity index (χ1) is 15.7. The average molecular weight is 521 g/mol. The van der Waals surface area contributed by atoms with E-state index >= 15 is 0 Å². The number of carbonyl (C=O) groups is 1. The van der Waals surface area contributed by atoms with Crippen molar-refractivity contribution in [1.82, 2.24) is 5.43 Å². The van der Waals surface area contributed by atoms with Gasteiger partial charge in [0.25, 0.3) is 5.91 Å². The van der Waals surface area contributed by atoms with Gasteiger partial charge in [0.15, 0.2) is 11.5 Å². The van der Waals surface area contributed by atoms with E-state index in [1.165, 1.54) is 25.5 Å². The molecule has 0 bridgehead atoms. The molecular formula is C24H20BrF3N2O3. The predicted molar refractivity (Wildman–Crippen MR) is 123 cm³/mol. The van der Waals surface area contributed by atoms with Crippen molar-refractivity contribution in [2.75, 3.05) is 7.11 Å². The SMILES string of the molecule is COc1cc(/C=N/NC(=O)c2ccccc2C(F)(F)F)cc(Br)c1OCc1ccc(C)cc1. The molecule has 0 aromatic heterocycles. The van der Waals surface area contributed by atoms with E-state index in [0.717, 1.165) is 23.3 Å². The first-order valence-corrected chi connectivity index (χ1v) is 10.5. The summed E-state index contributed by atoms with van der Waals surface area (Å²) in [6.45, 7) is 2.33. The van der Waals surface area contributed by atoms with E-state index in [2.05, 4.69) is 26.5 Å². The fourth-order valence-corrected chi connectivity index (χ4v) is 3.52. The lowest BCUT2D eigenvalue weighted by Crippen LogP contribution is -2.22. The summed E-state index contributed by atoms with van der Waals surface area (Å²) in [4.78, 5) is 12.2. The third kappa shape index (κ3) is 6.35. The van der Waals surface area contributed by atoms with Crippen LogP contribution in [0.4, 0.5) is 13.2 Å². The van der Waals surface area contributed by atoms with Crippen LogP contribution >= 0.6 is 15.9 Å². The molecule has 172 valence electrons. The topological polar surface area (TPSA) is 59.9 Å². The predicted octanol–water partition coefficient (Wildman–Crippen LogP) is 6.13. The second kappa shape index (κ2) is 10.5. The number of ether oxygens (including phenoxy) is 2. The maximum atomic E-state index is 13.1. The number of aryl methyl sites for hydroxylation is 1. The minimum atomic E-state index is -4.65. The molecule has 0 heterocycles. The third-order valence-electron chi connectivity index (χ3n) is 4.61. The summed E-state index contributed by atoms with van der Waals surface area (Å²) in [6, 6.07) is 15.7. The van der Waals surface area contributed by atoms with Crippen LogP contribution in [0.25, 0.3) is 0 Å². The van der Waals surface area contributed by atoms with Crippen molar-refractivity contribution < 1.29 is 27.4 Å². The van der Waals surface area contributed by atoms with Gasteiger partial charge in [0.1, 0.15) is 6.61 Å². The second-order valence-corrected chi connectivity index (χ2v) is 7.91. The van der Waals surface area contributed by atoms with Crippen molar-refractivity contribution >= 4 is 28.1 Å². The molecule has 0 radical (unpaired) electrons. The van der Waals surface area contributed by atoms with Gasteiger partial charge in [0.05, 0.1) is 28.9 Å². The molecule has 33 heavy (non-hydrogen) atoms. The van der Waals surface area contributed by atoms with Crippen molar-refractivity contribution in [2.45, 2.75) is 19.7 Å². The van der Waals surface area contributed by atoms with Gasteiger partial charge in [-0.15, -0.1) is 0 Å². The fourth-order valence-electron chi connectivity index (χ4n) is 2.95. The van der Waals surface area contributed by atoms with Crippen LogP contribution in [-0.4, -0.2) is 19.2 Å². The molecule has 1 N–H and O–H groups in total. The summed E-state index contributed by atoms with van der Waals surface area (Å²) in [5, 5.41) is 3.78. The number of benzene rings is 3. The number of methoxy groups -OCH3 is 1. The molecular weight excluding hydrogens is 501 g/mol. The Labute approximate surface area is 197 Å². The smallest absolute Gasteiger partial charge is 0.417 e. The monoisotopic (exact) mass is 520 g/mol. The van der Waals surface area contributed by atoms with E-state index in [0.29, 0.717) is 28.1 Å². The van der Waals surface area contributed by atoms with Crippen LogP contribution in [0.5, 0.6) is 11.5 Å². The van der Waals surface area contributed by atoms with Crippen LogP contribution in [-0.2, 0) is 12.8 Å². The van der Waals surface area contributed by atoms with Gasteiger partial charge in [-0.05, 0) is 58.2 Å². The van der Waals surface area contributed by atoms with E-state index < -0.39 is 23.2 Å². The zero-order valence-corrected chi connectivity index (χ0v) is 19.3. The molecule has 1 amide bonds. The Morgan fingerprint density at radius 1 is 1.12 bits per heavy atom. The fraction of sp³-hybridized carbons (Fsp3) is 0.167. The highest BCUT2D eigenvalue weighted by atomic mass is 79.9. The Balaban J connectivity index is 1.72. The Morgan fingerprint density at radius 3 is 2.48 bits per heavy atom. The number of rotatable bonds is 7. The van der Waals surface area contributed by atoms with Gasteiger partial charge in [-0.3, -0.25) is 4.79 Å². The number of nitrogens with zero attached hydrogens (tertiary/aromatic N) is 1. The maximum Gasteiger partial charge on any atom is 0.417 e. The summed E-state index contributed by atoms with van der Waals surface area (Å²) in [7, 11) is 1.48. The highest BCUT2D eigenvalue weighted by Crippen LogP contribution is 2.37. The van der Waals surface area contributed by atoms with Crippen molar-refractivity contribution in [3.63, 3.8) is 0 Å². The second-order valence-electron chi connectivity index (χ2n) is 7.05. The molecule has 3 aromatic carbocycles. The van der Waals surface area contributed by atoms with Gasteiger partial charge in [0.2, 0.25) is 0 Å². The van der Waals surface area contributed by atoms with Crippen LogP contribution in [0.1, 0.15) is 32.6 Å². The van der Waals surface area contributed by atoms with E-state index in [1.54, 1.807) is 12.1 Å². The number of amides is 1. The number of alkyl halides is 3. The molecule has 9 heteroatoms. The summed E-state index contributed by atoms with van der Waals surface area (Å²) in [5.41, 5.74) is 3.25. The molecule has 0 saturated heterocycles. The third-order valence-corrected chi connectivity index (χ3v) is 5.20. The molecule has 0 saturated carbocycles. The van der Waals surface area contributed by atoms with Crippen molar-refractivity contribution in [1.29, 1.82) is 0 Å². The number of nitrogens with one attached hydrogen (secondary N) is 1. The molecule has 0 fully saturated rings. The zero-order valence-electron chi connectivity index (χ0n) is 17.7. The van der Waals surface area contributed by atoms with E-state index in [1.807, 2.05) is 31.2 Å². The standard InChI is InChI=1S/C24H20BrF3N2O3/c1-15-7-9-16(10-8-15)14-33-22-20(25)11-17(12-21(22)32-2)13-29-30-23(31)18-5-3-4-6-19(18)24(26,27)28/h3-13H,14H2,1-2H3,(H,30,31)/b29-13+. The van der Waals surface area contributed by atoms with Crippen molar-refractivity contribution in [3.05, 3.63) is 93.0 Å². The Hall–Kier alpha value is -3.33. The average Bonchev–Trinajstić information content (AvgIpc) is 2.78. The number of hydrazone groups is 1. The summed E-state index contributed by atoms with van der Waals surface area (Å²) in [5.74, 6) is -0.0618. The molecule has 0 spiro atoms. The minimum Gasteiger partial charge on any atom is -0.493 e. The van der Waals surface area contributed by atoms with E-state index in [4.69, 9.17) is 9.47 Å². The van der Waals surface area contributed by atoms with Crippen LogP contribution in [0.3, 0.4) is 0 Å². The molecule has 0 aliphatic carbocycles. The van der Waals surface area contributed by atoms with Crippen molar-refractivity contribution in [2.24, 2.45) is 5.10 Å². The van der Waals surface area contributed by atoms with Crippen molar-refractivity contribution in [3.8, 4) is 11.5 Å². The molecule has 0 atom stereocenters. The first kappa shape index (κ1) is 24.3. The van der Waals surface area contributed by atoms with Crippen LogP contribution in [0.2, 0.25) is 0 Å². The highest BCUT2D eigenvalue weighted by molar-refractivity contribution is 9.10. The quantitative estimate of drug-likeness (QED) is 0.301. The molecule has 3 aromatic rings. The van der Waals surface area contributed by atoms with E-state index in [-0.39, 0.29) is 0 Å². The number of hydrogen-bond acceptors (Lipinski definition) is 4. The Bertz CT molecular complexity index is 1160. The highest BCUT2D eigenvalue weighted by Gasteiger charge is 2.34. The minimum absolute atomic E-state index is 0.331. The van der Waals surface area contributed by atoms with Gasteiger partial charge in [-0.2, -0.15) is 18.3 Å². The normalized spacial score (nSPS) is 11.5. The Kier molecular flexibility index (Phi) is 7.75. The largest absolute Gasteiger partial charge is 0.493 e. The molecule has 0 aliphatic rings. The van der Waals surface area contributed by atoms with Gasteiger partial charge >= 0.3 is 6.18 Å². The lowest BCUT2D eigenvalue weighted by molar-refractivity contribution is -0.137. The van der Waals surface area contributed by atoms with Crippen LogP contribution in [0.15, 0.2) is 70.2 Å². The molecule has 0 unspecified atom stereocenters. The van der Waals surface area contributed by atoms with Gasteiger partial charge in [-0.1, -0.05) is 42.0 Å². The first-order valence-electron chi connectivity index (χ1n) is 9.74. The van der Waals surface area contributed by atoms with Crippen LogP contribution in [0, 0.1) is 6.92 Å². The number of carbonyl (C=O) groups excluding carboxylic acids is 1. The lowest BCUT2D eigenvalue weighted by Gasteiger charge is -2.14. The molecule has 3 rings (SSSR count). The zero-order chi connectivity index (χ0) is 24.0. The van der Waals surface area contributed by atoms with Gasteiger partial charge in [-0.25, -0.2) is 5.43 Å². The Morgan fingerprint density at radius 2 is 1.82 bits per heavy atom.